The number of aryl methyl sites for hydroxylation is 1. The van der Waals surface area contributed by atoms with Gasteiger partial charge in [-0.2, -0.15) is 0 Å². The van der Waals surface area contributed by atoms with Gasteiger partial charge < -0.3 is 9.55 Å². The fraction of sp³-hybridized carbons (Fsp3) is 0.174. The van der Waals surface area contributed by atoms with E-state index in [0.29, 0.717) is 6.04 Å². The van der Waals surface area contributed by atoms with E-state index in [1.807, 2.05) is 43.7 Å². The molecule has 5 rings (SSSR count). The van der Waals surface area contributed by atoms with Gasteiger partial charge in [0.15, 0.2) is 0 Å². The summed E-state index contributed by atoms with van der Waals surface area (Å²) in [6.45, 7) is 6.40. The summed E-state index contributed by atoms with van der Waals surface area (Å²) < 4.78 is 2.25. The van der Waals surface area contributed by atoms with E-state index in [2.05, 4.69) is 57.6 Å². The molecule has 0 spiro atoms. The molecule has 4 heterocycles. The third-order valence-corrected chi connectivity index (χ3v) is 5.18. The molecule has 0 aliphatic rings. The number of imidazole rings is 1. The molecule has 4 aromatic heterocycles. The maximum atomic E-state index is 4.69. The van der Waals surface area contributed by atoms with Crippen LogP contribution in [0, 0.1) is 6.92 Å². The largest absolute Gasteiger partial charge is 0.345 e. The highest BCUT2D eigenvalue weighted by Gasteiger charge is 2.15. The fourth-order valence-corrected chi connectivity index (χ4v) is 3.92. The summed E-state index contributed by atoms with van der Waals surface area (Å²) >= 11 is 0. The number of nitrogens with one attached hydrogen (secondary N) is 1. The molecular weight excluding hydrogens is 346 g/mol. The number of nitrogens with zero attached hydrogens (tertiary/aromatic N) is 4. The van der Waals surface area contributed by atoms with Gasteiger partial charge in [0.25, 0.3) is 0 Å². The first-order valence-electron chi connectivity index (χ1n) is 9.49. The molecule has 0 bridgehead atoms. The minimum Gasteiger partial charge on any atom is -0.345 e. The van der Waals surface area contributed by atoms with Crippen molar-refractivity contribution in [3.63, 3.8) is 0 Å². The van der Waals surface area contributed by atoms with Crippen molar-refractivity contribution in [2.45, 2.75) is 26.8 Å². The fourth-order valence-electron chi connectivity index (χ4n) is 3.92. The highest BCUT2D eigenvalue weighted by Crippen LogP contribution is 2.32. The van der Waals surface area contributed by atoms with Crippen LogP contribution in [-0.2, 0) is 0 Å². The Kier molecular flexibility index (Phi) is 3.76. The first-order chi connectivity index (χ1) is 13.6. The summed E-state index contributed by atoms with van der Waals surface area (Å²) in [5.74, 6) is 1.01. The van der Waals surface area contributed by atoms with Crippen LogP contribution in [0.25, 0.3) is 44.5 Å². The van der Waals surface area contributed by atoms with E-state index >= 15 is 0 Å². The van der Waals surface area contributed by atoms with Gasteiger partial charge in [-0.1, -0.05) is 30.3 Å². The molecular formula is C23H21N5. The molecule has 1 N–H and O–H groups in total. The minimum atomic E-state index is 0.342. The molecule has 0 saturated carbocycles. The van der Waals surface area contributed by atoms with E-state index in [0.717, 1.165) is 50.3 Å². The monoisotopic (exact) mass is 367 g/mol. The highest BCUT2D eigenvalue weighted by molar-refractivity contribution is 5.96. The van der Waals surface area contributed by atoms with E-state index in [-0.39, 0.29) is 0 Å². The zero-order chi connectivity index (χ0) is 19.3. The van der Waals surface area contributed by atoms with Gasteiger partial charge in [-0.25, -0.2) is 9.97 Å². The number of aromatic amines is 1. The number of H-pyrrole nitrogens is 1. The second-order valence-corrected chi connectivity index (χ2v) is 7.37. The van der Waals surface area contributed by atoms with Crippen LogP contribution in [0.2, 0.25) is 0 Å². The Bertz CT molecular complexity index is 1300. The van der Waals surface area contributed by atoms with Crippen LogP contribution >= 0.6 is 0 Å². The zero-order valence-electron chi connectivity index (χ0n) is 16.1. The van der Waals surface area contributed by atoms with Crippen LogP contribution in [0.5, 0.6) is 0 Å². The summed E-state index contributed by atoms with van der Waals surface area (Å²) in [4.78, 5) is 17.2. The van der Waals surface area contributed by atoms with Crippen molar-refractivity contribution in [1.82, 2.24) is 24.5 Å². The molecule has 0 unspecified atom stereocenters. The molecule has 5 nitrogen and oxygen atoms in total. The zero-order valence-corrected chi connectivity index (χ0v) is 16.1. The van der Waals surface area contributed by atoms with E-state index in [9.17, 15) is 0 Å². The van der Waals surface area contributed by atoms with Gasteiger partial charge in [-0.05, 0) is 38.5 Å². The van der Waals surface area contributed by atoms with Gasteiger partial charge in [0.05, 0.1) is 17.4 Å². The SMILES string of the molecule is Cc1nc2cnc(-c3c[nH]c4ncc(-c5ccccc5)cc34)cc2n1C(C)C. The normalized spacial score (nSPS) is 11.7. The van der Waals surface area contributed by atoms with Crippen molar-refractivity contribution in [1.29, 1.82) is 0 Å². The maximum absolute atomic E-state index is 4.69. The van der Waals surface area contributed by atoms with E-state index in [1.165, 1.54) is 0 Å². The predicted octanol–water partition coefficient (Wildman–Crippen LogP) is 5.53. The Morgan fingerprint density at radius 2 is 1.79 bits per heavy atom. The molecule has 28 heavy (non-hydrogen) atoms. The average Bonchev–Trinajstić information content (AvgIpc) is 3.27. The lowest BCUT2D eigenvalue weighted by Crippen LogP contribution is -2.02. The van der Waals surface area contributed by atoms with Crippen LogP contribution in [-0.4, -0.2) is 24.5 Å². The predicted molar refractivity (Wildman–Crippen MR) is 113 cm³/mol. The van der Waals surface area contributed by atoms with Crippen LogP contribution in [0.3, 0.4) is 0 Å². The van der Waals surface area contributed by atoms with Gasteiger partial charge in [0.1, 0.15) is 17.0 Å². The molecule has 5 heteroatoms. The molecule has 0 aliphatic carbocycles. The molecule has 0 atom stereocenters. The van der Waals surface area contributed by atoms with Crippen LogP contribution in [0.1, 0.15) is 25.7 Å². The first-order valence-corrected chi connectivity index (χ1v) is 9.49. The Morgan fingerprint density at radius 1 is 0.964 bits per heavy atom. The average molecular weight is 367 g/mol. The Morgan fingerprint density at radius 3 is 2.57 bits per heavy atom. The highest BCUT2D eigenvalue weighted by atomic mass is 15.1. The number of hydrogen-bond acceptors (Lipinski definition) is 3. The molecule has 138 valence electrons. The Labute approximate surface area is 163 Å². The molecule has 0 fully saturated rings. The van der Waals surface area contributed by atoms with Gasteiger partial charge in [-0.15, -0.1) is 0 Å². The molecule has 0 radical (unpaired) electrons. The summed E-state index contributed by atoms with van der Waals surface area (Å²) in [5, 5.41) is 1.07. The molecule has 0 amide bonds. The summed E-state index contributed by atoms with van der Waals surface area (Å²) in [6.07, 6.45) is 5.76. The number of hydrogen-bond donors (Lipinski definition) is 1. The lowest BCUT2D eigenvalue weighted by molar-refractivity contribution is 0.600. The van der Waals surface area contributed by atoms with Crippen LogP contribution in [0.15, 0.2) is 61.1 Å². The van der Waals surface area contributed by atoms with Crippen molar-refractivity contribution >= 4 is 22.1 Å². The minimum absolute atomic E-state index is 0.342. The second-order valence-electron chi connectivity index (χ2n) is 7.37. The van der Waals surface area contributed by atoms with Crippen molar-refractivity contribution in [3.8, 4) is 22.4 Å². The van der Waals surface area contributed by atoms with E-state index in [1.54, 1.807) is 0 Å². The number of fused-ring (bicyclic) bond motifs is 2. The summed E-state index contributed by atoms with van der Waals surface area (Å²) in [7, 11) is 0. The number of rotatable bonds is 3. The van der Waals surface area contributed by atoms with Crippen molar-refractivity contribution in [2.75, 3.05) is 0 Å². The van der Waals surface area contributed by atoms with Gasteiger partial charge >= 0.3 is 0 Å². The Hall–Kier alpha value is -3.47. The molecule has 0 aliphatic heterocycles. The lowest BCUT2D eigenvalue weighted by atomic mass is 10.0. The number of pyridine rings is 2. The third kappa shape index (κ3) is 2.59. The van der Waals surface area contributed by atoms with E-state index < -0.39 is 0 Å². The quantitative estimate of drug-likeness (QED) is 0.456. The summed E-state index contributed by atoms with van der Waals surface area (Å²) in [5.41, 5.74) is 7.13. The standard InChI is InChI=1S/C23H21N5/c1-14(2)28-15(3)27-21-13-24-20(10-22(21)28)19-12-26-23-18(19)9-17(11-25-23)16-7-5-4-6-8-16/h4-14H,1-3H3,(H,25,26). The lowest BCUT2D eigenvalue weighted by Gasteiger charge is -2.11. The second kappa shape index (κ2) is 6.30. The van der Waals surface area contributed by atoms with Crippen molar-refractivity contribution < 1.29 is 0 Å². The first kappa shape index (κ1) is 16.7. The van der Waals surface area contributed by atoms with Crippen molar-refractivity contribution in [2.24, 2.45) is 0 Å². The molecule has 5 aromatic rings. The molecule has 1 aromatic carbocycles. The number of aromatic nitrogens is 5. The van der Waals surface area contributed by atoms with Crippen molar-refractivity contribution in [3.05, 3.63) is 66.9 Å². The third-order valence-electron chi connectivity index (χ3n) is 5.18. The number of benzene rings is 1. The van der Waals surface area contributed by atoms with E-state index in [4.69, 9.17) is 4.98 Å². The van der Waals surface area contributed by atoms with Gasteiger partial charge in [0.2, 0.25) is 0 Å². The van der Waals surface area contributed by atoms with Crippen LogP contribution < -0.4 is 0 Å². The van der Waals surface area contributed by atoms with Crippen LogP contribution in [0.4, 0.5) is 0 Å². The van der Waals surface area contributed by atoms with Gasteiger partial charge in [-0.3, -0.25) is 4.98 Å². The maximum Gasteiger partial charge on any atom is 0.137 e. The Balaban J connectivity index is 1.70. The summed E-state index contributed by atoms with van der Waals surface area (Å²) in [6, 6.07) is 15.0. The van der Waals surface area contributed by atoms with Gasteiger partial charge in [0, 0.05) is 34.9 Å². The topological polar surface area (TPSA) is 59.4 Å². The molecule has 0 saturated heterocycles. The smallest absolute Gasteiger partial charge is 0.137 e.